The molecule has 0 atom stereocenters. The van der Waals surface area contributed by atoms with Gasteiger partial charge in [-0.3, -0.25) is 4.98 Å². The third-order valence-corrected chi connectivity index (χ3v) is 3.96. The van der Waals surface area contributed by atoms with E-state index < -0.39 is 0 Å². The van der Waals surface area contributed by atoms with E-state index in [1.807, 2.05) is 6.07 Å². The van der Waals surface area contributed by atoms with Gasteiger partial charge in [0, 0.05) is 10.9 Å². The van der Waals surface area contributed by atoms with Gasteiger partial charge in [0.2, 0.25) is 0 Å². The summed E-state index contributed by atoms with van der Waals surface area (Å²) in [6.45, 7) is 2.09. The number of aryl methyl sites for hydroxylation is 1. The Morgan fingerprint density at radius 2 is 2.06 bits per heavy atom. The molecule has 0 aliphatic carbocycles. The number of benzene rings is 1. The molecule has 0 aliphatic heterocycles. The van der Waals surface area contributed by atoms with Crippen LogP contribution in [-0.2, 0) is 0 Å². The summed E-state index contributed by atoms with van der Waals surface area (Å²) in [6.07, 6.45) is 1.62. The highest BCUT2D eigenvalue weighted by Gasteiger charge is 2.05. The molecule has 3 rings (SSSR count). The van der Waals surface area contributed by atoms with Gasteiger partial charge in [0.15, 0.2) is 0 Å². The van der Waals surface area contributed by atoms with Crippen molar-refractivity contribution in [2.24, 2.45) is 0 Å². The Morgan fingerprint density at radius 3 is 2.78 bits per heavy atom. The standard InChI is InChI=1S/C15H10N2S/c1-10-2-5-14-12(6-10)7-15(18-14)13-4-3-11(8-16)9-17-13/h2-7,9H,1H3. The quantitative estimate of drug-likeness (QED) is 0.650. The predicted molar refractivity (Wildman–Crippen MR) is 74.5 cm³/mol. The molecule has 18 heavy (non-hydrogen) atoms. The first-order chi connectivity index (χ1) is 8.76. The maximum absolute atomic E-state index is 8.76. The lowest BCUT2D eigenvalue weighted by Crippen LogP contribution is -1.81. The van der Waals surface area contributed by atoms with E-state index in [4.69, 9.17) is 5.26 Å². The molecule has 0 amide bonds. The van der Waals surface area contributed by atoms with Crippen molar-refractivity contribution < 1.29 is 0 Å². The number of nitrogens with zero attached hydrogens (tertiary/aromatic N) is 2. The van der Waals surface area contributed by atoms with Gasteiger partial charge < -0.3 is 0 Å². The van der Waals surface area contributed by atoms with Crippen LogP contribution in [0.3, 0.4) is 0 Å². The second kappa shape index (κ2) is 4.25. The number of hydrogen-bond acceptors (Lipinski definition) is 3. The number of rotatable bonds is 1. The van der Waals surface area contributed by atoms with E-state index in [1.165, 1.54) is 15.6 Å². The molecular weight excluding hydrogens is 240 g/mol. The lowest BCUT2D eigenvalue weighted by Gasteiger charge is -1.94. The topological polar surface area (TPSA) is 36.7 Å². The predicted octanol–water partition coefficient (Wildman–Crippen LogP) is 4.14. The van der Waals surface area contributed by atoms with E-state index in [0.29, 0.717) is 5.56 Å². The molecule has 0 spiro atoms. The van der Waals surface area contributed by atoms with E-state index in [0.717, 1.165) is 10.6 Å². The first-order valence-electron chi connectivity index (χ1n) is 5.63. The Balaban J connectivity index is 2.10. The zero-order valence-corrected chi connectivity index (χ0v) is 10.7. The van der Waals surface area contributed by atoms with E-state index in [9.17, 15) is 0 Å². The molecule has 0 aliphatic rings. The molecule has 86 valence electrons. The molecular formula is C15H10N2S. The Morgan fingerprint density at radius 1 is 1.17 bits per heavy atom. The molecule has 3 heteroatoms. The number of thiophene rings is 1. The molecule has 0 radical (unpaired) electrons. The number of hydrogen-bond donors (Lipinski definition) is 0. The van der Waals surface area contributed by atoms with Crippen LogP contribution in [0.15, 0.2) is 42.6 Å². The van der Waals surface area contributed by atoms with Crippen molar-refractivity contribution >= 4 is 21.4 Å². The average molecular weight is 250 g/mol. The third-order valence-electron chi connectivity index (χ3n) is 2.82. The van der Waals surface area contributed by atoms with Gasteiger partial charge in [-0.05, 0) is 36.6 Å². The van der Waals surface area contributed by atoms with Gasteiger partial charge in [-0.2, -0.15) is 5.26 Å². The van der Waals surface area contributed by atoms with Gasteiger partial charge in [-0.25, -0.2) is 0 Å². The summed E-state index contributed by atoms with van der Waals surface area (Å²) >= 11 is 1.73. The first kappa shape index (κ1) is 10.9. The molecule has 0 unspecified atom stereocenters. The largest absolute Gasteiger partial charge is 0.254 e. The third kappa shape index (κ3) is 1.87. The Hall–Kier alpha value is -2.18. The minimum absolute atomic E-state index is 0.593. The summed E-state index contributed by atoms with van der Waals surface area (Å²) in [6, 6.07) is 14.4. The van der Waals surface area contributed by atoms with Crippen LogP contribution >= 0.6 is 11.3 Å². The van der Waals surface area contributed by atoms with Crippen molar-refractivity contribution in [3.05, 3.63) is 53.7 Å². The summed E-state index contributed by atoms with van der Waals surface area (Å²) in [5.41, 5.74) is 2.78. The van der Waals surface area contributed by atoms with Crippen LogP contribution in [0.4, 0.5) is 0 Å². The van der Waals surface area contributed by atoms with E-state index >= 15 is 0 Å². The second-order valence-electron chi connectivity index (χ2n) is 4.20. The second-order valence-corrected chi connectivity index (χ2v) is 5.28. The van der Waals surface area contributed by atoms with Gasteiger partial charge in [0.1, 0.15) is 6.07 Å². The molecule has 2 nitrogen and oxygen atoms in total. The molecule has 0 saturated carbocycles. The van der Waals surface area contributed by atoms with Gasteiger partial charge in [-0.15, -0.1) is 11.3 Å². The van der Waals surface area contributed by atoms with Crippen molar-refractivity contribution in [2.75, 3.05) is 0 Å². The molecule has 1 aromatic carbocycles. The lowest BCUT2D eigenvalue weighted by atomic mass is 10.2. The maximum Gasteiger partial charge on any atom is 0.101 e. The minimum Gasteiger partial charge on any atom is -0.254 e. The smallest absolute Gasteiger partial charge is 0.101 e. The van der Waals surface area contributed by atoms with Gasteiger partial charge in [-0.1, -0.05) is 17.7 Å². The van der Waals surface area contributed by atoms with Gasteiger partial charge >= 0.3 is 0 Å². The number of aromatic nitrogens is 1. The van der Waals surface area contributed by atoms with Gasteiger partial charge in [0.05, 0.1) is 16.1 Å². The van der Waals surface area contributed by atoms with E-state index in [-0.39, 0.29) is 0 Å². The van der Waals surface area contributed by atoms with E-state index in [1.54, 1.807) is 23.6 Å². The normalized spacial score (nSPS) is 10.4. The van der Waals surface area contributed by atoms with Crippen LogP contribution in [-0.4, -0.2) is 4.98 Å². The summed E-state index contributed by atoms with van der Waals surface area (Å²) in [4.78, 5) is 5.46. The number of fused-ring (bicyclic) bond motifs is 1. The molecule has 3 aromatic rings. The first-order valence-corrected chi connectivity index (χ1v) is 6.44. The van der Waals surface area contributed by atoms with Crippen LogP contribution in [0.2, 0.25) is 0 Å². The lowest BCUT2D eigenvalue weighted by molar-refractivity contribution is 1.31. The van der Waals surface area contributed by atoms with Crippen LogP contribution in [0.25, 0.3) is 20.7 Å². The highest BCUT2D eigenvalue weighted by molar-refractivity contribution is 7.22. The highest BCUT2D eigenvalue weighted by Crippen LogP contribution is 2.32. The fourth-order valence-electron chi connectivity index (χ4n) is 1.89. The minimum atomic E-state index is 0.593. The zero-order valence-electron chi connectivity index (χ0n) is 9.84. The molecule has 0 fully saturated rings. The van der Waals surface area contributed by atoms with E-state index in [2.05, 4.69) is 42.2 Å². The average Bonchev–Trinajstić information content (AvgIpc) is 2.81. The Kier molecular flexibility index (Phi) is 2.58. The Labute approximate surface area is 109 Å². The fraction of sp³-hybridized carbons (Fsp3) is 0.0667. The monoisotopic (exact) mass is 250 g/mol. The zero-order chi connectivity index (χ0) is 12.5. The van der Waals surface area contributed by atoms with Crippen molar-refractivity contribution in [1.82, 2.24) is 4.98 Å². The fourth-order valence-corrected chi connectivity index (χ4v) is 2.91. The summed E-state index contributed by atoms with van der Waals surface area (Å²) in [5.74, 6) is 0. The number of nitriles is 1. The maximum atomic E-state index is 8.76. The van der Waals surface area contributed by atoms with Crippen molar-refractivity contribution in [2.45, 2.75) is 6.92 Å². The van der Waals surface area contributed by atoms with Crippen LogP contribution in [0, 0.1) is 18.3 Å². The van der Waals surface area contributed by atoms with Crippen molar-refractivity contribution in [3.8, 4) is 16.6 Å². The summed E-state index contributed by atoms with van der Waals surface area (Å²) in [5, 5.41) is 10.0. The van der Waals surface area contributed by atoms with Gasteiger partial charge in [0.25, 0.3) is 0 Å². The van der Waals surface area contributed by atoms with Crippen LogP contribution in [0.1, 0.15) is 11.1 Å². The van der Waals surface area contributed by atoms with Crippen LogP contribution < -0.4 is 0 Å². The highest BCUT2D eigenvalue weighted by atomic mass is 32.1. The Bertz CT molecular complexity index is 748. The SMILES string of the molecule is Cc1ccc2sc(-c3ccc(C#N)cn3)cc2c1. The molecule has 0 saturated heterocycles. The summed E-state index contributed by atoms with van der Waals surface area (Å²) in [7, 11) is 0. The molecule has 2 aromatic heterocycles. The molecule has 0 bridgehead atoms. The molecule has 2 heterocycles. The molecule has 0 N–H and O–H groups in total. The summed E-state index contributed by atoms with van der Waals surface area (Å²) < 4.78 is 1.27. The van der Waals surface area contributed by atoms with Crippen molar-refractivity contribution in [1.29, 1.82) is 5.26 Å². The van der Waals surface area contributed by atoms with Crippen molar-refractivity contribution in [3.63, 3.8) is 0 Å². The number of pyridine rings is 1. The van der Waals surface area contributed by atoms with Crippen LogP contribution in [0.5, 0.6) is 0 Å².